The van der Waals surface area contributed by atoms with E-state index >= 15 is 0 Å². The highest BCUT2D eigenvalue weighted by Crippen LogP contribution is 2.26. The van der Waals surface area contributed by atoms with E-state index in [-0.39, 0.29) is 5.91 Å². The molecule has 2 rings (SSSR count). The average Bonchev–Trinajstić information content (AvgIpc) is 2.49. The molecule has 0 fully saturated rings. The summed E-state index contributed by atoms with van der Waals surface area (Å²) in [6.07, 6.45) is 2.29. The van der Waals surface area contributed by atoms with Crippen LogP contribution in [0.2, 0.25) is 0 Å². The topological polar surface area (TPSA) is 48.0 Å². The molecule has 0 unspecified atom stereocenters. The molecule has 1 aromatic carbocycles. The first-order valence-electron chi connectivity index (χ1n) is 5.33. The van der Waals surface area contributed by atoms with Crippen LogP contribution in [0.4, 0.5) is 0 Å². The molecule has 0 atom stereocenters. The van der Waals surface area contributed by atoms with E-state index < -0.39 is 0 Å². The number of nitrogens with zero attached hydrogens (tertiary/aromatic N) is 1. The van der Waals surface area contributed by atoms with Crippen molar-refractivity contribution in [3.8, 4) is 0 Å². The standard InChI is InChI=1S/C13H16N2O/c1-8-4-5-11-10(6-12(14)16)7-15(3)13(11)9(8)2/h4-5,7H,6H2,1-3H3,(H2,14,16). The zero-order valence-electron chi connectivity index (χ0n) is 9.87. The van der Waals surface area contributed by atoms with Crippen molar-refractivity contribution < 1.29 is 4.79 Å². The minimum atomic E-state index is -0.286. The summed E-state index contributed by atoms with van der Waals surface area (Å²) in [5.74, 6) is -0.286. The fraction of sp³-hybridized carbons (Fsp3) is 0.308. The van der Waals surface area contributed by atoms with Gasteiger partial charge in [-0.05, 0) is 30.5 Å². The average molecular weight is 216 g/mol. The molecule has 3 nitrogen and oxygen atoms in total. The number of amides is 1. The molecule has 0 saturated heterocycles. The maximum absolute atomic E-state index is 11.0. The van der Waals surface area contributed by atoms with Crippen molar-refractivity contribution in [3.05, 3.63) is 35.0 Å². The summed E-state index contributed by atoms with van der Waals surface area (Å²) in [5.41, 5.74) is 9.97. The second-order valence-corrected chi connectivity index (χ2v) is 4.31. The number of carbonyl (C=O) groups is 1. The van der Waals surface area contributed by atoms with Gasteiger partial charge in [0, 0.05) is 18.6 Å². The van der Waals surface area contributed by atoms with Crippen molar-refractivity contribution >= 4 is 16.8 Å². The summed E-state index contributed by atoms with van der Waals surface area (Å²) in [7, 11) is 2.00. The van der Waals surface area contributed by atoms with Gasteiger partial charge in [0.1, 0.15) is 0 Å². The normalized spacial score (nSPS) is 10.9. The second kappa shape index (κ2) is 3.67. The molecule has 0 radical (unpaired) electrons. The van der Waals surface area contributed by atoms with Gasteiger partial charge < -0.3 is 10.3 Å². The Hall–Kier alpha value is -1.77. The maximum atomic E-state index is 11.0. The molecule has 1 amide bonds. The number of aryl methyl sites for hydroxylation is 3. The van der Waals surface area contributed by atoms with E-state index in [4.69, 9.17) is 5.73 Å². The van der Waals surface area contributed by atoms with E-state index in [1.54, 1.807) is 0 Å². The SMILES string of the molecule is Cc1ccc2c(CC(N)=O)cn(C)c2c1C. The van der Waals surface area contributed by atoms with Gasteiger partial charge >= 0.3 is 0 Å². The number of primary amides is 1. The first-order chi connectivity index (χ1) is 7.50. The minimum absolute atomic E-state index is 0.286. The molecule has 0 aliphatic rings. The van der Waals surface area contributed by atoms with Crippen LogP contribution in [0, 0.1) is 13.8 Å². The van der Waals surface area contributed by atoms with E-state index in [0.29, 0.717) is 6.42 Å². The van der Waals surface area contributed by atoms with Crippen molar-refractivity contribution in [2.24, 2.45) is 12.8 Å². The van der Waals surface area contributed by atoms with Gasteiger partial charge in [-0.2, -0.15) is 0 Å². The van der Waals surface area contributed by atoms with E-state index in [1.807, 2.05) is 13.2 Å². The summed E-state index contributed by atoms with van der Waals surface area (Å²) in [6.45, 7) is 4.20. The molecule has 3 heteroatoms. The minimum Gasteiger partial charge on any atom is -0.369 e. The lowest BCUT2D eigenvalue weighted by Gasteiger charge is -2.04. The number of carbonyl (C=O) groups excluding carboxylic acids is 1. The molecule has 0 saturated carbocycles. The third-order valence-electron chi connectivity index (χ3n) is 3.11. The molecule has 0 bridgehead atoms. The highest BCUT2D eigenvalue weighted by Gasteiger charge is 2.11. The van der Waals surface area contributed by atoms with Gasteiger partial charge in [0.25, 0.3) is 0 Å². The fourth-order valence-electron chi connectivity index (χ4n) is 2.21. The monoisotopic (exact) mass is 216 g/mol. The number of fused-ring (bicyclic) bond motifs is 1. The number of hydrogen-bond acceptors (Lipinski definition) is 1. The zero-order valence-corrected chi connectivity index (χ0v) is 9.87. The summed E-state index contributed by atoms with van der Waals surface area (Å²) in [5, 5.41) is 1.13. The number of benzene rings is 1. The van der Waals surface area contributed by atoms with Crippen molar-refractivity contribution in [3.63, 3.8) is 0 Å². The molecular formula is C13H16N2O. The Labute approximate surface area is 94.9 Å². The van der Waals surface area contributed by atoms with Gasteiger partial charge in [-0.3, -0.25) is 4.79 Å². The summed E-state index contributed by atoms with van der Waals surface area (Å²) in [6, 6.07) is 4.15. The lowest BCUT2D eigenvalue weighted by molar-refractivity contribution is -0.117. The van der Waals surface area contributed by atoms with Crippen LogP contribution in [0.1, 0.15) is 16.7 Å². The Morgan fingerprint density at radius 2 is 2.06 bits per heavy atom. The summed E-state index contributed by atoms with van der Waals surface area (Å²) < 4.78 is 2.07. The lowest BCUT2D eigenvalue weighted by Crippen LogP contribution is -2.13. The fourth-order valence-corrected chi connectivity index (χ4v) is 2.21. The van der Waals surface area contributed by atoms with Gasteiger partial charge in [-0.15, -0.1) is 0 Å². The quantitative estimate of drug-likeness (QED) is 0.817. The van der Waals surface area contributed by atoms with Crippen LogP contribution < -0.4 is 5.73 Å². The predicted molar refractivity (Wildman–Crippen MR) is 65.3 cm³/mol. The Morgan fingerprint density at radius 1 is 1.38 bits per heavy atom. The molecule has 2 N–H and O–H groups in total. The molecule has 2 aromatic rings. The van der Waals surface area contributed by atoms with Gasteiger partial charge in [0.05, 0.1) is 11.9 Å². The van der Waals surface area contributed by atoms with E-state index in [2.05, 4.69) is 30.5 Å². The van der Waals surface area contributed by atoms with Crippen molar-refractivity contribution in [1.29, 1.82) is 0 Å². The third-order valence-corrected chi connectivity index (χ3v) is 3.11. The highest BCUT2D eigenvalue weighted by atomic mass is 16.1. The molecule has 0 aliphatic carbocycles. The largest absolute Gasteiger partial charge is 0.369 e. The van der Waals surface area contributed by atoms with Gasteiger partial charge in [0.2, 0.25) is 5.91 Å². The Balaban J connectivity index is 2.72. The van der Waals surface area contributed by atoms with Gasteiger partial charge in [0.15, 0.2) is 0 Å². The molecule has 0 spiro atoms. The Kier molecular flexibility index (Phi) is 2.46. The van der Waals surface area contributed by atoms with Crippen LogP contribution in [0.3, 0.4) is 0 Å². The number of nitrogens with two attached hydrogens (primary N) is 1. The van der Waals surface area contributed by atoms with Crippen LogP contribution in [0.15, 0.2) is 18.3 Å². The van der Waals surface area contributed by atoms with Crippen LogP contribution in [0.25, 0.3) is 10.9 Å². The predicted octanol–water partition coefficient (Wildman–Crippen LogP) is 1.82. The highest BCUT2D eigenvalue weighted by molar-refractivity contribution is 5.91. The molecule has 84 valence electrons. The van der Waals surface area contributed by atoms with Crippen molar-refractivity contribution in [1.82, 2.24) is 4.57 Å². The number of hydrogen-bond donors (Lipinski definition) is 1. The molecule has 0 aliphatic heterocycles. The summed E-state index contributed by atoms with van der Waals surface area (Å²) >= 11 is 0. The number of aromatic nitrogens is 1. The van der Waals surface area contributed by atoms with Crippen LogP contribution in [0.5, 0.6) is 0 Å². The Morgan fingerprint density at radius 3 is 2.69 bits per heavy atom. The van der Waals surface area contributed by atoms with Crippen LogP contribution in [-0.2, 0) is 18.3 Å². The zero-order chi connectivity index (χ0) is 11.9. The second-order valence-electron chi connectivity index (χ2n) is 4.31. The van der Waals surface area contributed by atoms with Crippen LogP contribution in [-0.4, -0.2) is 10.5 Å². The Bertz CT molecular complexity index is 567. The van der Waals surface area contributed by atoms with E-state index in [9.17, 15) is 4.79 Å². The van der Waals surface area contributed by atoms with Crippen molar-refractivity contribution in [2.75, 3.05) is 0 Å². The smallest absolute Gasteiger partial charge is 0.221 e. The third kappa shape index (κ3) is 1.58. The first-order valence-corrected chi connectivity index (χ1v) is 5.33. The van der Waals surface area contributed by atoms with Crippen molar-refractivity contribution in [2.45, 2.75) is 20.3 Å². The van der Waals surface area contributed by atoms with E-state index in [1.165, 1.54) is 16.6 Å². The summed E-state index contributed by atoms with van der Waals surface area (Å²) in [4.78, 5) is 11.0. The number of rotatable bonds is 2. The maximum Gasteiger partial charge on any atom is 0.221 e. The molecule has 1 aromatic heterocycles. The molecule has 1 heterocycles. The lowest BCUT2D eigenvalue weighted by atomic mass is 10.0. The van der Waals surface area contributed by atoms with Gasteiger partial charge in [-0.25, -0.2) is 0 Å². The van der Waals surface area contributed by atoms with Gasteiger partial charge in [-0.1, -0.05) is 12.1 Å². The molecule has 16 heavy (non-hydrogen) atoms. The molecular weight excluding hydrogens is 200 g/mol. The first kappa shape index (κ1) is 10.7. The van der Waals surface area contributed by atoms with E-state index in [0.717, 1.165) is 10.9 Å². The van der Waals surface area contributed by atoms with Crippen LogP contribution >= 0.6 is 0 Å².